The molecule has 1 aromatic rings. The van der Waals surface area contributed by atoms with E-state index in [1.54, 1.807) is 13.0 Å². The maximum atomic E-state index is 10.8. The van der Waals surface area contributed by atoms with Crippen molar-refractivity contribution in [1.82, 2.24) is 4.98 Å². The van der Waals surface area contributed by atoms with Crippen LogP contribution in [0.2, 0.25) is 0 Å². The zero-order valence-corrected chi connectivity index (χ0v) is 8.65. The molecule has 1 amide bonds. The number of pyridine rings is 1. The first-order valence-electron chi connectivity index (χ1n) is 4.48. The molecule has 0 aliphatic rings. The summed E-state index contributed by atoms with van der Waals surface area (Å²) in [6.45, 7) is 1.78. The number of rotatable bonds is 2. The highest BCUT2D eigenvalue weighted by Gasteiger charge is 2.09. The van der Waals surface area contributed by atoms with Gasteiger partial charge in [0, 0.05) is 6.20 Å². The van der Waals surface area contributed by atoms with Crippen molar-refractivity contribution in [2.24, 2.45) is 5.73 Å². The molecule has 0 aromatic carbocycles. The van der Waals surface area contributed by atoms with E-state index in [0.717, 1.165) is 5.56 Å². The number of hydrogen-bond donors (Lipinski definition) is 2. The summed E-state index contributed by atoms with van der Waals surface area (Å²) in [5.41, 5.74) is 5.87. The number of hydrogen-bond acceptors (Lipinski definition) is 3. The van der Waals surface area contributed by atoms with Crippen LogP contribution in [-0.2, 0) is 4.79 Å². The quantitative estimate of drug-likeness (QED) is 0.699. The lowest BCUT2D eigenvalue weighted by Crippen LogP contribution is -2.08. The van der Waals surface area contributed by atoms with E-state index in [0.29, 0.717) is 0 Å². The smallest absolute Gasteiger partial charge is 0.355 e. The third-order valence-electron chi connectivity index (χ3n) is 1.71. The molecule has 0 saturated heterocycles. The lowest BCUT2D eigenvalue weighted by atomic mass is 10.1. The van der Waals surface area contributed by atoms with Crippen molar-refractivity contribution < 1.29 is 14.7 Å². The van der Waals surface area contributed by atoms with E-state index in [4.69, 9.17) is 10.8 Å². The van der Waals surface area contributed by atoms with Crippen molar-refractivity contribution in [3.63, 3.8) is 0 Å². The van der Waals surface area contributed by atoms with Gasteiger partial charge in [0.05, 0.1) is 12.0 Å². The van der Waals surface area contributed by atoms with Crippen LogP contribution in [0.5, 0.6) is 0 Å². The Bertz CT molecular complexity index is 498. The second kappa shape index (κ2) is 4.94. The lowest BCUT2D eigenvalue weighted by molar-refractivity contribution is -0.117. The number of aryl methyl sites for hydroxylation is 1. The third-order valence-corrected chi connectivity index (χ3v) is 1.71. The first-order valence-corrected chi connectivity index (χ1v) is 4.48. The average Bonchev–Trinajstić information content (AvgIpc) is 2.16. The Morgan fingerprint density at radius 2 is 2.25 bits per heavy atom. The minimum atomic E-state index is -1.15. The Kier molecular flexibility index (Phi) is 3.62. The molecule has 0 aliphatic carbocycles. The monoisotopic (exact) mass is 218 g/mol. The molecular weight excluding hydrogens is 208 g/mol. The van der Waals surface area contributed by atoms with E-state index in [2.05, 4.69) is 16.8 Å². The van der Waals surface area contributed by atoms with Crippen LogP contribution < -0.4 is 5.73 Å². The van der Waals surface area contributed by atoms with Gasteiger partial charge in [-0.1, -0.05) is 11.8 Å². The molecule has 16 heavy (non-hydrogen) atoms. The minimum absolute atomic E-state index is 0.104. The molecule has 5 nitrogen and oxygen atoms in total. The Hall–Kier alpha value is -2.35. The maximum absolute atomic E-state index is 10.8. The first kappa shape index (κ1) is 11.7. The molecule has 3 N–H and O–H groups in total. The van der Waals surface area contributed by atoms with Gasteiger partial charge in [0.1, 0.15) is 0 Å². The van der Waals surface area contributed by atoms with Gasteiger partial charge in [0.15, 0.2) is 5.69 Å². The van der Waals surface area contributed by atoms with Crippen molar-refractivity contribution in [2.45, 2.75) is 13.3 Å². The molecule has 82 valence electrons. The Morgan fingerprint density at radius 1 is 1.56 bits per heavy atom. The second-order valence-corrected chi connectivity index (χ2v) is 3.16. The highest BCUT2D eigenvalue weighted by Crippen LogP contribution is 2.07. The molecule has 5 heteroatoms. The normalized spacial score (nSPS) is 9.06. The molecule has 1 heterocycles. The first-order chi connectivity index (χ1) is 7.50. The van der Waals surface area contributed by atoms with Gasteiger partial charge >= 0.3 is 5.97 Å². The number of carbonyl (C=O) groups excluding carboxylic acids is 1. The van der Waals surface area contributed by atoms with Gasteiger partial charge in [-0.25, -0.2) is 9.78 Å². The molecule has 0 radical (unpaired) electrons. The van der Waals surface area contributed by atoms with Crippen molar-refractivity contribution in [3.05, 3.63) is 29.1 Å². The number of aromatic carboxylic acids is 1. The van der Waals surface area contributed by atoms with Crippen LogP contribution in [0, 0.1) is 18.8 Å². The third kappa shape index (κ3) is 3.10. The fourth-order valence-electron chi connectivity index (χ4n) is 1.06. The molecule has 0 fully saturated rings. The fourth-order valence-corrected chi connectivity index (χ4v) is 1.06. The van der Waals surface area contributed by atoms with Crippen molar-refractivity contribution in [3.8, 4) is 11.8 Å². The molecule has 0 atom stereocenters. The van der Waals surface area contributed by atoms with Gasteiger partial charge < -0.3 is 10.8 Å². The number of aromatic nitrogens is 1. The van der Waals surface area contributed by atoms with Crippen LogP contribution in [-0.4, -0.2) is 22.0 Å². The largest absolute Gasteiger partial charge is 0.476 e. The summed E-state index contributed by atoms with van der Waals surface area (Å²) in [6.07, 6.45) is 1.34. The topological polar surface area (TPSA) is 93.3 Å². The molecule has 0 unspecified atom stereocenters. The highest BCUT2D eigenvalue weighted by molar-refractivity contribution is 5.88. The van der Waals surface area contributed by atoms with Crippen molar-refractivity contribution in [1.29, 1.82) is 0 Å². The van der Waals surface area contributed by atoms with E-state index in [-0.39, 0.29) is 17.7 Å². The Balaban J connectivity index is 3.08. The van der Waals surface area contributed by atoms with Gasteiger partial charge in [0.2, 0.25) is 5.91 Å². The Morgan fingerprint density at radius 3 is 2.81 bits per heavy atom. The van der Waals surface area contributed by atoms with Gasteiger partial charge in [-0.15, -0.1) is 0 Å². The van der Waals surface area contributed by atoms with E-state index in [1.807, 2.05) is 0 Å². The number of nitrogens with two attached hydrogens (primary N) is 1. The molecule has 1 rings (SSSR count). The van der Waals surface area contributed by atoms with E-state index >= 15 is 0 Å². The molecule has 0 aliphatic heterocycles. The lowest BCUT2D eigenvalue weighted by Gasteiger charge is -1.98. The van der Waals surface area contributed by atoms with Gasteiger partial charge in [-0.2, -0.15) is 0 Å². The number of amides is 1. The van der Waals surface area contributed by atoms with Crippen LogP contribution >= 0.6 is 0 Å². The number of carboxylic acids is 1. The standard InChI is InChI=1S/C11H10N2O3/c1-7-5-8(3-2-4-9(12)14)10(11(15)16)13-6-7/h5-6H,4H2,1H3,(H2,12,14)(H,15,16). The number of carbonyl (C=O) groups is 2. The van der Waals surface area contributed by atoms with Gasteiger partial charge in [-0.05, 0) is 18.6 Å². The number of primary amides is 1. The summed E-state index contributed by atoms with van der Waals surface area (Å²) in [7, 11) is 0. The second-order valence-electron chi connectivity index (χ2n) is 3.16. The number of nitrogens with zero attached hydrogens (tertiary/aromatic N) is 1. The number of carboxylic acid groups (broad SMARTS) is 1. The van der Waals surface area contributed by atoms with Crippen LogP contribution in [0.1, 0.15) is 28.0 Å². The fraction of sp³-hybridized carbons (Fsp3) is 0.182. The van der Waals surface area contributed by atoms with Crippen LogP contribution in [0.15, 0.2) is 12.3 Å². The summed E-state index contributed by atoms with van der Waals surface area (Å²) in [6, 6.07) is 1.60. The zero-order valence-electron chi connectivity index (χ0n) is 8.65. The molecule has 0 spiro atoms. The summed E-state index contributed by atoms with van der Waals surface area (Å²) >= 11 is 0. The van der Waals surface area contributed by atoms with Gasteiger partial charge in [-0.3, -0.25) is 4.79 Å². The van der Waals surface area contributed by atoms with Gasteiger partial charge in [0.25, 0.3) is 0 Å². The highest BCUT2D eigenvalue weighted by atomic mass is 16.4. The van der Waals surface area contributed by atoms with Crippen LogP contribution in [0.25, 0.3) is 0 Å². The summed E-state index contributed by atoms with van der Waals surface area (Å²) in [4.78, 5) is 25.0. The summed E-state index contributed by atoms with van der Waals surface area (Å²) in [5, 5.41) is 8.84. The molecular formula is C11H10N2O3. The Labute approximate surface area is 92.3 Å². The van der Waals surface area contributed by atoms with Crippen LogP contribution in [0.4, 0.5) is 0 Å². The predicted molar refractivity (Wildman–Crippen MR) is 56.6 cm³/mol. The summed E-state index contributed by atoms with van der Waals surface area (Å²) < 4.78 is 0. The minimum Gasteiger partial charge on any atom is -0.476 e. The predicted octanol–water partition coefficient (Wildman–Crippen LogP) is 0.315. The SMILES string of the molecule is Cc1cnc(C(=O)O)c(C#CCC(N)=O)c1. The van der Waals surface area contributed by atoms with Crippen molar-refractivity contribution in [2.75, 3.05) is 0 Å². The molecule has 1 aromatic heterocycles. The molecule has 0 saturated carbocycles. The maximum Gasteiger partial charge on any atom is 0.355 e. The summed E-state index contributed by atoms with van der Waals surface area (Å²) in [5.74, 6) is 3.37. The van der Waals surface area contributed by atoms with Crippen LogP contribution in [0.3, 0.4) is 0 Å². The molecule has 0 bridgehead atoms. The van der Waals surface area contributed by atoms with E-state index in [9.17, 15) is 9.59 Å². The van der Waals surface area contributed by atoms with E-state index < -0.39 is 11.9 Å². The zero-order chi connectivity index (χ0) is 12.1. The average molecular weight is 218 g/mol. The van der Waals surface area contributed by atoms with Crippen molar-refractivity contribution >= 4 is 11.9 Å². The van der Waals surface area contributed by atoms with E-state index in [1.165, 1.54) is 6.20 Å².